The molecule has 0 radical (unpaired) electrons. The molecule has 0 aliphatic heterocycles. The molecular weight excluding hydrogens is 407 g/mol. The summed E-state index contributed by atoms with van der Waals surface area (Å²) in [4.78, 5) is 24.5. The number of hydrogen-bond donors (Lipinski definition) is 1. The van der Waals surface area contributed by atoms with Gasteiger partial charge in [-0.25, -0.2) is 4.39 Å². The van der Waals surface area contributed by atoms with Crippen LogP contribution in [0.1, 0.15) is 21.5 Å². The maximum atomic E-state index is 13.0. The van der Waals surface area contributed by atoms with Gasteiger partial charge in [0.2, 0.25) is 0 Å². The SMILES string of the molecule is O=C(Nc1ccc(Cn2ccccc2=O)cc1)c1cccc(OCc2ccc(F)cc2)c1. The summed E-state index contributed by atoms with van der Waals surface area (Å²) in [6, 6.07) is 25.3. The Hall–Kier alpha value is -4.19. The number of amides is 1. The quantitative estimate of drug-likeness (QED) is 0.457. The average Bonchev–Trinajstić information content (AvgIpc) is 2.81. The molecule has 0 fully saturated rings. The number of rotatable bonds is 7. The highest BCUT2D eigenvalue weighted by Crippen LogP contribution is 2.18. The lowest BCUT2D eigenvalue weighted by molar-refractivity contribution is 0.102. The van der Waals surface area contributed by atoms with E-state index in [4.69, 9.17) is 4.74 Å². The van der Waals surface area contributed by atoms with E-state index in [-0.39, 0.29) is 23.9 Å². The van der Waals surface area contributed by atoms with Crippen molar-refractivity contribution >= 4 is 11.6 Å². The van der Waals surface area contributed by atoms with Crippen molar-refractivity contribution in [2.75, 3.05) is 5.32 Å². The first kappa shape index (κ1) is 21.1. The van der Waals surface area contributed by atoms with Crippen molar-refractivity contribution in [2.24, 2.45) is 0 Å². The lowest BCUT2D eigenvalue weighted by atomic mass is 10.1. The number of pyridine rings is 1. The summed E-state index contributed by atoms with van der Waals surface area (Å²) >= 11 is 0. The van der Waals surface area contributed by atoms with Crippen LogP contribution in [0.15, 0.2) is 102 Å². The van der Waals surface area contributed by atoms with E-state index < -0.39 is 0 Å². The molecule has 1 amide bonds. The third-order valence-corrected chi connectivity index (χ3v) is 4.88. The lowest BCUT2D eigenvalue weighted by Gasteiger charge is -2.10. The number of nitrogens with zero attached hydrogens (tertiary/aromatic N) is 1. The summed E-state index contributed by atoms with van der Waals surface area (Å²) in [7, 11) is 0. The monoisotopic (exact) mass is 428 g/mol. The molecule has 3 aromatic carbocycles. The molecule has 0 atom stereocenters. The molecule has 0 bridgehead atoms. The van der Waals surface area contributed by atoms with E-state index in [1.54, 1.807) is 65.4 Å². The van der Waals surface area contributed by atoms with E-state index in [1.165, 1.54) is 18.2 Å². The predicted octanol–water partition coefficient (Wildman–Crippen LogP) is 4.87. The van der Waals surface area contributed by atoms with E-state index in [0.717, 1.165) is 11.1 Å². The van der Waals surface area contributed by atoms with Crippen molar-refractivity contribution < 1.29 is 13.9 Å². The summed E-state index contributed by atoms with van der Waals surface area (Å²) in [5.41, 5.74) is 2.83. The molecule has 1 heterocycles. The van der Waals surface area contributed by atoms with Crippen LogP contribution in [0.5, 0.6) is 5.75 Å². The van der Waals surface area contributed by atoms with Gasteiger partial charge in [-0.1, -0.05) is 36.4 Å². The first-order valence-electron chi connectivity index (χ1n) is 10.1. The number of carbonyl (C=O) groups is 1. The maximum Gasteiger partial charge on any atom is 0.255 e. The average molecular weight is 428 g/mol. The van der Waals surface area contributed by atoms with Gasteiger partial charge in [0.1, 0.15) is 18.2 Å². The Balaban J connectivity index is 1.37. The Morgan fingerprint density at radius 3 is 2.38 bits per heavy atom. The minimum atomic E-state index is -0.297. The molecule has 1 aromatic heterocycles. The highest BCUT2D eigenvalue weighted by atomic mass is 19.1. The van der Waals surface area contributed by atoms with Gasteiger partial charge in [0.15, 0.2) is 0 Å². The number of ether oxygens (including phenoxy) is 1. The van der Waals surface area contributed by atoms with Crippen LogP contribution in [-0.4, -0.2) is 10.5 Å². The van der Waals surface area contributed by atoms with Crippen molar-refractivity contribution in [1.29, 1.82) is 0 Å². The minimum absolute atomic E-state index is 0.0635. The van der Waals surface area contributed by atoms with E-state index in [0.29, 0.717) is 23.5 Å². The maximum absolute atomic E-state index is 13.0. The Morgan fingerprint density at radius 2 is 1.62 bits per heavy atom. The van der Waals surface area contributed by atoms with Crippen molar-refractivity contribution in [3.63, 3.8) is 0 Å². The zero-order valence-electron chi connectivity index (χ0n) is 17.2. The first-order valence-corrected chi connectivity index (χ1v) is 10.1. The molecule has 0 unspecified atom stereocenters. The molecular formula is C26H21FN2O3. The Morgan fingerprint density at radius 1 is 0.875 bits per heavy atom. The lowest BCUT2D eigenvalue weighted by Crippen LogP contribution is -2.18. The van der Waals surface area contributed by atoms with Crippen molar-refractivity contribution in [2.45, 2.75) is 13.2 Å². The van der Waals surface area contributed by atoms with E-state index in [2.05, 4.69) is 5.32 Å². The van der Waals surface area contributed by atoms with Gasteiger partial charge in [0.05, 0.1) is 6.54 Å². The Kier molecular flexibility index (Phi) is 6.41. The third-order valence-electron chi connectivity index (χ3n) is 4.88. The fourth-order valence-corrected chi connectivity index (χ4v) is 3.16. The molecule has 0 aliphatic rings. The van der Waals surface area contributed by atoms with Crippen LogP contribution in [0.4, 0.5) is 10.1 Å². The van der Waals surface area contributed by atoms with Crippen molar-refractivity contribution in [1.82, 2.24) is 4.57 Å². The van der Waals surface area contributed by atoms with Crippen LogP contribution in [0.25, 0.3) is 0 Å². The number of benzene rings is 3. The largest absolute Gasteiger partial charge is 0.489 e. The number of nitrogens with one attached hydrogen (secondary N) is 1. The van der Waals surface area contributed by atoms with Gasteiger partial charge >= 0.3 is 0 Å². The van der Waals surface area contributed by atoms with Gasteiger partial charge in [0, 0.05) is 23.5 Å². The summed E-state index contributed by atoms with van der Waals surface area (Å²) in [5.74, 6) is -0.00989. The Labute approximate surface area is 184 Å². The minimum Gasteiger partial charge on any atom is -0.489 e. The number of aromatic nitrogens is 1. The second kappa shape index (κ2) is 9.75. The predicted molar refractivity (Wildman–Crippen MR) is 121 cm³/mol. The standard InChI is InChI=1S/C26H21FN2O3/c27-22-11-7-20(8-12-22)18-32-24-5-3-4-21(16-24)26(31)28-23-13-9-19(10-14-23)17-29-15-2-1-6-25(29)30/h1-16H,17-18H2,(H,28,31). The number of anilines is 1. The fourth-order valence-electron chi connectivity index (χ4n) is 3.16. The molecule has 4 aromatic rings. The number of hydrogen-bond acceptors (Lipinski definition) is 3. The van der Waals surface area contributed by atoms with Gasteiger partial charge in [-0.2, -0.15) is 0 Å². The smallest absolute Gasteiger partial charge is 0.255 e. The zero-order valence-corrected chi connectivity index (χ0v) is 17.2. The zero-order chi connectivity index (χ0) is 22.3. The molecule has 32 heavy (non-hydrogen) atoms. The number of carbonyl (C=O) groups excluding carboxylic acids is 1. The van der Waals surface area contributed by atoms with Gasteiger partial charge < -0.3 is 14.6 Å². The van der Waals surface area contributed by atoms with Crippen LogP contribution in [-0.2, 0) is 13.2 Å². The first-order chi connectivity index (χ1) is 15.6. The van der Waals surface area contributed by atoms with Crippen molar-refractivity contribution in [3.05, 3.63) is 130 Å². The van der Waals surface area contributed by atoms with E-state index in [9.17, 15) is 14.0 Å². The molecule has 0 saturated carbocycles. The Bertz CT molecular complexity index is 1270. The normalized spacial score (nSPS) is 10.5. The van der Waals surface area contributed by atoms with Crippen LogP contribution in [0.2, 0.25) is 0 Å². The highest BCUT2D eigenvalue weighted by molar-refractivity contribution is 6.04. The van der Waals surface area contributed by atoms with E-state index >= 15 is 0 Å². The topological polar surface area (TPSA) is 60.3 Å². The molecule has 5 nitrogen and oxygen atoms in total. The highest BCUT2D eigenvalue weighted by Gasteiger charge is 2.08. The summed E-state index contributed by atoms with van der Waals surface area (Å²) in [6.45, 7) is 0.735. The van der Waals surface area contributed by atoms with Crippen LogP contribution in [0, 0.1) is 5.82 Å². The van der Waals surface area contributed by atoms with Gasteiger partial charge in [0.25, 0.3) is 11.5 Å². The summed E-state index contributed by atoms with van der Waals surface area (Å²) < 4.78 is 20.3. The molecule has 160 valence electrons. The van der Waals surface area contributed by atoms with Gasteiger partial charge in [-0.15, -0.1) is 0 Å². The third kappa shape index (κ3) is 5.49. The molecule has 4 rings (SSSR count). The van der Waals surface area contributed by atoms with Crippen LogP contribution in [0.3, 0.4) is 0 Å². The summed E-state index contributed by atoms with van der Waals surface area (Å²) in [5, 5.41) is 2.86. The molecule has 0 spiro atoms. The number of halogens is 1. The molecule has 0 aliphatic carbocycles. The second-order valence-corrected chi connectivity index (χ2v) is 7.26. The molecule has 0 saturated heterocycles. The fraction of sp³-hybridized carbons (Fsp3) is 0.0769. The van der Waals surface area contributed by atoms with E-state index in [1.807, 2.05) is 18.2 Å². The summed E-state index contributed by atoms with van der Waals surface area (Å²) in [6.07, 6.45) is 1.74. The van der Waals surface area contributed by atoms with Crippen LogP contribution >= 0.6 is 0 Å². The van der Waals surface area contributed by atoms with Gasteiger partial charge in [-0.05, 0) is 59.7 Å². The van der Waals surface area contributed by atoms with Crippen LogP contribution < -0.4 is 15.6 Å². The van der Waals surface area contributed by atoms with Crippen molar-refractivity contribution in [3.8, 4) is 5.75 Å². The second-order valence-electron chi connectivity index (χ2n) is 7.26. The van der Waals surface area contributed by atoms with Gasteiger partial charge in [-0.3, -0.25) is 9.59 Å². The molecule has 1 N–H and O–H groups in total. The molecule has 6 heteroatoms.